The molecule has 4 nitrogen and oxygen atoms in total. The number of hydrogen-bond donors (Lipinski definition) is 1. The van der Waals surface area contributed by atoms with Gasteiger partial charge in [-0.1, -0.05) is 25.1 Å². The minimum atomic E-state index is -0.824. The monoisotopic (exact) mass is 275 g/mol. The van der Waals surface area contributed by atoms with Gasteiger partial charge in [-0.15, -0.1) is 0 Å². The second kappa shape index (κ2) is 5.75. The average Bonchev–Trinajstić information content (AvgIpc) is 2.36. The van der Waals surface area contributed by atoms with Crippen LogP contribution in [0.3, 0.4) is 0 Å². The Bertz CT molecular complexity index is 521. The number of nitrogens with zero attached hydrogens (tertiary/aromatic N) is 1. The maximum Gasteiger partial charge on any atom is 0.229 e. The number of β-amino-alcohol motifs (C(OH)–C–C–N with tert-alkyl or cyclic N) is 1. The molecule has 108 valence electrons. The van der Waals surface area contributed by atoms with E-state index in [1.165, 1.54) is 4.90 Å². The van der Waals surface area contributed by atoms with Crippen LogP contribution in [-0.2, 0) is 9.59 Å². The molecular formula is C16H21NO3. The first-order valence-electron chi connectivity index (χ1n) is 6.97. The highest BCUT2D eigenvalue weighted by atomic mass is 16.3. The SMILES string of the molecule is Cc1ccc(C(O)CN2C(=O)CC(C)CC2=O)cc1C. The number of carbonyl (C=O) groups excluding carboxylic acids is 2. The molecule has 0 radical (unpaired) electrons. The summed E-state index contributed by atoms with van der Waals surface area (Å²) in [4.78, 5) is 25.0. The van der Waals surface area contributed by atoms with Crippen LogP contribution in [0.4, 0.5) is 0 Å². The summed E-state index contributed by atoms with van der Waals surface area (Å²) < 4.78 is 0. The zero-order valence-corrected chi connectivity index (χ0v) is 12.2. The lowest BCUT2D eigenvalue weighted by Gasteiger charge is -2.30. The van der Waals surface area contributed by atoms with Gasteiger partial charge in [0, 0.05) is 12.8 Å². The molecule has 0 aromatic heterocycles. The summed E-state index contributed by atoms with van der Waals surface area (Å²) in [5.41, 5.74) is 2.98. The van der Waals surface area contributed by atoms with E-state index in [-0.39, 0.29) is 24.3 Å². The van der Waals surface area contributed by atoms with Crippen LogP contribution in [0, 0.1) is 19.8 Å². The number of piperidine rings is 1. The van der Waals surface area contributed by atoms with Crippen LogP contribution in [0.25, 0.3) is 0 Å². The van der Waals surface area contributed by atoms with E-state index in [9.17, 15) is 14.7 Å². The second-order valence-corrected chi connectivity index (χ2v) is 5.77. The van der Waals surface area contributed by atoms with E-state index in [0.29, 0.717) is 12.8 Å². The maximum atomic E-state index is 11.9. The molecule has 1 aromatic carbocycles. The van der Waals surface area contributed by atoms with Gasteiger partial charge in [-0.05, 0) is 36.5 Å². The van der Waals surface area contributed by atoms with Gasteiger partial charge in [0.25, 0.3) is 0 Å². The lowest BCUT2D eigenvalue weighted by molar-refractivity contribution is -0.151. The predicted octanol–water partition coefficient (Wildman–Crippen LogP) is 2.12. The molecule has 0 saturated carbocycles. The molecular weight excluding hydrogens is 254 g/mol. The van der Waals surface area contributed by atoms with Crippen molar-refractivity contribution in [3.05, 3.63) is 34.9 Å². The van der Waals surface area contributed by atoms with Gasteiger partial charge in [-0.3, -0.25) is 14.5 Å². The third kappa shape index (κ3) is 3.07. The van der Waals surface area contributed by atoms with Crippen LogP contribution in [0.2, 0.25) is 0 Å². The van der Waals surface area contributed by atoms with E-state index >= 15 is 0 Å². The van der Waals surface area contributed by atoms with E-state index < -0.39 is 6.10 Å². The number of imide groups is 1. The largest absolute Gasteiger partial charge is 0.387 e. The Morgan fingerprint density at radius 1 is 1.20 bits per heavy atom. The smallest absolute Gasteiger partial charge is 0.229 e. The van der Waals surface area contributed by atoms with Gasteiger partial charge in [0.15, 0.2) is 0 Å². The van der Waals surface area contributed by atoms with Gasteiger partial charge in [0.2, 0.25) is 11.8 Å². The highest BCUT2D eigenvalue weighted by Crippen LogP contribution is 2.23. The van der Waals surface area contributed by atoms with Crippen molar-refractivity contribution in [3.8, 4) is 0 Å². The third-order valence-corrected chi connectivity index (χ3v) is 3.92. The molecule has 1 aliphatic heterocycles. The number of amides is 2. The maximum absolute atomic E-state index is 11.9. The van der Waals surface area contributed by atoms with Crippen LogP contribution in [0.5, 0.6) is 0 Å². The van der Waals surface area contributed by atoms with E-state index in [0.717, 1.165) is 16.7 Å². The highest BCUT2D eigenvalue weighted by Gasteiger charge is 2.31. The summed E-state index contributed by atoms with van der Waals surface area (Å²) in [7, 11) is 0. The Balaban J connectivity index is 2.10. The van der Waals surface area contributed by atoms with Crippen molar-refractivity contribution in [2.45, 2.75) is 39.7 Å². The van der Waals surface area contributed by atoms with Gasteiger partial charge in [0.1, 0.15) is 0 Å². The minimum Gasteiger partial charge on any atom is -0.387 e. The van der Waals surface area contributed by atoms with Crippen LogP contribution in [0.1, 0.15) is 42.6 Å². The number of carbonyl (C=O) groups is 2. The van der Waals surface area contributed by atoms with Crippen LogP contribution in [0.15, 0.2) is 18.2 Å². The molecule has 0 aliphatic carbocycles. The summed E-state index contributed by atoms with van der Waals surface area (Å²) in [6, 6.07) is 5.69. The second-order valence-electron chi connectivity index (χ2n) is 5.77. The number of likely N-dealkylation sites (tertiary alicyclic amines) is 1. The quantitative estimate of drug-likeness (QED) is 0.860. The molecule has 1 unspecified atom stereocenters. The molecule has 0 spiro atoms. The molecule has 20 heavy (non-hydrogen) atoms. The average molecular weight is 275 g/mol. The molecule has 1 heterocycles. The molecule has 2 amide bonds. The number of benzene rings is 1. The Morgan fingerprint density at radius 3 is 2.35 bits per heavy atom. The molecule has 1 atom stereocenters. The van der Waals surface area contributed by atoms with Crippen molar-refractivity contribution >= 4 is 11.8 Å². The standard InChI is InChI=1S/C16H21NO3/c1-10-6-15(19)17(16(20)7-10)9-14(18)13-5-4-11(2)12(3)8-13/h4-5,8,10,14,18H,6-7,9H2,1-3H3. The first kappa shape index (κ1) is 14.7. The molecule has 1 aromatic rings. The Morgan fingerprint density at radius 2 is 1.80 bits per heavy atom. The van der Waals surface area contributed by atoms with E-state index in [1.54, 1.807) is 0 Å². The van der Waals surface area contributed by atoms with Crippen molar-refractivity contribution in [1.82, 2.24) is 4.90 Å². The van der Waals surface area contributed by atoms with Crippen molar-refractivity contribution in [1.29, 1.82) is 0 Å². The van der Waals surface area contributed by atoms with Crippen molar-refractivity contribution in [3.63, 3.8) is 0 Å². The molecule has 1 aliphatic rings. The van der Waals surface area contributed by atoms with Gasteiger partial charge >= 0.3 is 0 Å². The Labute approximate surface area is 119 Å². The minimum absolute atomic E-state index is 0.0485. The number of hydrogen-bond acceptors (Lipinski definition) is 3. The van der Waals surface area contributed by atoms with Crippen molar-refractivity contribution < 1.29 is 14.7 Å². The lowest BCUT2D eigenvalue weighted by atomic mass is 9.96. The van der Waals surface area contributed by atoms with E-state index in [2.05, 4.69) is 0 Å². The molecule has 1 fully saturated rings. The Hall–Kier alpha value is -1.68. The topological polar surface area (TPSA) is 57.6 Å². The zero-order chi connectivity index (χ0) is 14.9. The van der Waals surface area contributed by atoms with Gasteiger partial charge in [-0.25, -0.2) is 0 Å². The normalized spacial score (nSPS) is 18.5. The summed E-state index contributed by atoms with van der Waals surface area (Å²) in [6.07, 6.45) is -0.0628. The first-order valence-corrected chi connectivity index (χ1v) is 6.97. The number of aliphatic hydroxyl groups excluding tert-OH is 1. The van der Waals surface area contributed by atoms with Crippen LogP contribution in [-0.4, -0.2) is 28.4 Å². The fraction of sp³-hybridized carbons (Fsp3) is 0.500. The van der Waals surface area contributed by atoms with Crippen molar-refractivity contribution in [2.24, 2.45) is 5.92 Å². The molecule has 4 heteroatoms. The van der Waals surface area contributed by atoms with Gasteiger partial charge in [0.05, 0.1) is 12.6 Å². The molecule has 0 bridgehead atoms. The summed E-state index contributed by atoms with van der Waals surface area (Å²) in [5, 5.41) is 10.2. The van der Waals surface area contributed by atoms with Gasteiger partial charge < -0.3 is 5.11 Å². The third-order valence-electron chi connectivity index (χ3n) is 3.92. The van der Waals surface area contributed by atoms with Crippen LogP contribution >= 0.6 is 0 Å². The summed E-state index contributed by atoms with van der Waals surface area (Å²) in [5.74, 6) is -0.265. The summed E-state index contributed by atoms with van der Waals surface area (Å²) >= 11 is 0. The predicted molar refractivity (Wildman–Crippen MR) is 76.0 cm³/mol. The fourth-order valence-electron chi connectivity index (χ4n) is 2.48. The van der Waals surface area contributed by atoms with E-state index in [1.807, 2.05) is 39.0 Å². The summed E-state index contributed by atoms with van der Waals surface area (Å²) in [6.45, 7) is 5.93. The molecule has 2 rings (SSSR count). The molecule has 1 N–H and O–H groups in total. The zero-order valence-electron chi connectivity index (χ0n) is 12.2. The molecule has 1 saturated heterocycles. The fourth-order valence-corrected chi connectivity index (χ4v) is 2.48. The lowest BCUT2D eigenvalue weighted by Crippen LogP contribution is -2.44. The van der Waals surface area contributed by atoms with Crippen LogP contribution < -0.4 is 0 Å². The number of rotatable bonds is 3. The number of aryl methyl sites for hydroxylation is 2. The van der Waals surface area contributed by atoms with E-state index in [4.69, 9.17) is 0 Å². The number of aliphatic hydroxyl groups is 1. The van der Waals surface area contributed by atoms with Crippen molar-refractivity contribution in [2.75, 3.05) is 6.54 Å². The Kier molecular flexibility index (Phi) is 4.23. The first-order chi connectivity index (χ1) is 9.38. The van der Waals surface area contributed by atoms with Gasteiger partial charge in [-0.2, -0.15) is 0 Å². The highest BCUT2D eigenvalue weighted by molar-refractivity contribution is 5.97.